The minimum absolute atomic E-state index is 0.0210. The number of Topliss-reactive ketones (excluding diaryl/α,β-unsaturated/α-hetero) is 6. The Balaban J connectivity index is 0.000000145. The van der Waals surface area contributed by atoms with Crippen LogP contribution in [0.4, 0.5) is 8.78 Å². The number of carbonyl (C=O) groups is 8. The normalized spacial score (nSPS) is 23.7. The number of nitrogens with two attached hydrogens (primary N) is 1. The molecule has 0 aromatic carbocycles. The van der Waals surface area contributed by atoms with E-state index in [1.165, 1.54) is 170 Å². The van der Waals surface area contributed by atoms with Crippen molar-refractivity contribution in [2.45, 2.75) is 406 Å². The second-order valence-electron chi connectivity index (χ2n) is 45.3. The highest BCUT2D eigenvalue weighted by Gasteiger charge is 2.40. The number of nitriles is 1. The third kappa shape index (κ3) is 30.4. The first-order valence-corrected chi connectivity index (χ1v) is 57.0. The lowest BCUT2D eigenvalue weighted by atomic mass is 9.85. The molecule has 796 valence electrons. The molecule has 6 aromatic heterocycles. The molecule has 6 aliphatic heterocycles. The summed E-state index contributed by atoms with van der Waals surface area (Å²) in [6, 6.07) is 17.0. The van der Waals surface area contributed by atoms with Gasteiger partial charge in [-0.25, -0.2) is 8.78 Å². The van der Waals surface area contributed by atoms with Gasteiger partial charge in [0.1, 0.15) is 4.33 Å². The molecule has 12 aliphatic rings. The number of carbonyl (C=O) groups excluding carboxylic acids is 7. The fraction of sp³-hybridized carbons (Fsp3) is 0.718. The SMILES string of the molecule is Cc1cc(C(=O)CN2CCCCC2)c(C)n1C1CCC(C#N)CC1.Cc1cc(C(=O)CN2CCCCC2)c(C)n1C1CCC(C(=O)O)CC1.Cc1cc(C(=O)CN2CCCCC2)c(C)n1C1CCC(C(N)=O)CC1.Cc1cc(C(=O)CN2CCCCC2)c(C)n1C1CCC(Cl)(Cl)CC1.Cc1cc(C(=O)CN2CCCCC2)c(C)n1C1CCC(F)(F)CC1.Cc1cc(C(=O)CN2CCCCC2)c(C)n1C1CCCCC1. The van der Waals surface area contributed by atoms with E-state index < -0.39 is 16.2 Å². The van der Waals surface area contributed by atoms with Gasteiger partial charge in [-0.2, -0.15) is 5.26 Å². The molecular formula is C117H176Cl2F2N14O9. The number of aromatic nitrogens is 6. The summed E-state index contributed by atoms with van der Waals surface area (Å²) in [7, 11) is 0. The van der Waals surface area contributed by atoms with Crippen LogP contribution in [0, 0.1) is 112 Å². The van der Waals surface area contributed by atoms with Crippen LogP contribution in [0.3, 0.4) is 0 Å². The van der Waals surface area contributed by atoms with E-state index in [-0.39, 0.29) is 71.5 Å². The molecule has 6 aromatic rings. The van der Waals surface area contributed by atoms with Gasteiger partial charge in [-0.3, -0.25) is 67.8 Å². The summed E-state index contributed by atoms with van der Waals surface area (Å²) in [5, 5.41) is 18.3. The van der Waals surface area contributed by atoms with Gasteiger partial charge in [0.25, 0.3) is 0 Å². The van der Waals surface area contributed by atoms with Gasteiger partial charge in [-0.15, -0.1) is 23.2 Å². The van der Waals surface area contributed by atoms with E-state index in [4.69, 9.17) is 34.2 Å². The zero-order chi connectivity index (χ0) is 103. The Morgan fingerprint density at radius 3 is 0.708 bits per heavy atom. The van der Waals surface area contributed by atoms with Crippen LogP contribution in [0.1, 0.15) is 443 Å². The van der Waals surface area contributed by atoms with Crippen molar-refractivity contribution in [3.63, 3.8) is 0 Å². The first-order valence-electron chi connectivity index (χ1n) is 56.3. The molecule has 6 saturated heterocycles. The lowest BCUT2D eigenvalue weighted by molar-refractivity contribution is -0.143. The minimum atomic E-state index is -2.52. The highest BCUT2D eigenvalue weighted by Crippen LogP contribution is 2.46. The summed E-state index contributed by atoms with van der Waals surface area (Å²) in [5.41, 5.74) is 24.2. The van der Waals surface area contributed by atoms with E-state index in [2.05, 4.69) is 149 Å². The van der Waals surface area contributed by atoms with Gasteiger partial charge in [0.15, 0.2) is 34.7 Å². The van der Waals surface area contributed by atoms with Crippen LogP contribution in [0.15, 0.2) is 36.4 Å². The average Bonchev–Trinajstić information content (AvgIpc) is 1.67. The van der Waals surface area contributed by atoms with Crippen molar-refractivity contribution < 1.29 is 52.2 Å². The lowest BCUT2D eigenvalue weighted by Gasteiger charge is -2.33. The van der Waals surface area contributed by atoms with Gasteiger partial charge >= 0.3 is 5.97 Å². The van der Waals surface area contributed by atoms with E-state index in [1.54, 1.807) is 0 Å². The van der Waals surface area contributed by atoms with E-state index in [1.807, 2.05) is 32.9 Å². The number of piperidine rings is 6. The molecule has 6 aliphatic carbocycles. The van der Waals surface area contributed by atoms with Gasteiger partial charge in [-0.1, -0.05) is 57.8 Å². The van der Waals surface area contributed by atoms with Crippen molar-refractivity contribution in [3.8, 4) is 6.07 Å². The molecule has 12 fully saturated rings. The van der Waals surface area contributed by atoms with Crippen molar-refractivity contribution in [2.24, 2.45) is 23.5 Å². The number of nitrogens with zero attached hydrogens (tertiary/aromatic N) is 13. The predicted octanol–water partition coefficient (Wildman–Crippen LogP) is 24.5. The molecule has 0 atom stereocenters. The molecule has 23 nitrogen and oxygen atoms in total. The van der Waals surface area contributed by atoms with Crippen LogP contribution in [-0.2, 0) is 9.59 Å². The topological polar surface area (TPSA) is 256 Å². The Morgan fingerprint density at radius 2 is 0.493 bits per heavy atom. The summed E-state index contributed by atoms with van der Waals surface area (Å²) in [6.45, 7) is 40.7. The molecule has 0 bridgehead atoms. The first-order chi connectivity index (χ1) is 68.9. The number of likely N-dealkylation sites (tertiary alicyclic amines) is 6. The van der Waals surface area contributed by atoms with Gasteiger partial charge in [0.2, 0.25) is 11.8 Å². The summed E-state index contributed by atoms with van der Waals surface area (Å²) in [6.07, 6.45) is 44.2. The van der Waals surface area contributed by atoms with Crippen LogP contribution in [0.25, 0.3) is 0 Å². The Morgan fingerprint density at radius 1 is 0.299 bits per heavy atom. The van der Waals surface area contributed by atoms with E-state index in [0.29, 0.717) is 88.1 Å². The molecule has 0 radical (unpaired) electrons. The summed E-state index contributed by atoms with van der Waals surface area (Å²) >= 11 is 12.5. The largest absolute Gasteiger partial charge is 0.481 e. The quantitative estimate of drug-likeness (QED) is 0.0378. The summed E-state index contributed by atoms with van der Waals surface area (Å²) in [4.78, 5) is 113. The zero-order valence-corrected chi connectivity index (χ0v) is 91.4. The molecule has 1 amide bonds. The predicted molar refractivity (Wildman–Crippen MR) is 573 cm³/mol. The molecule has 3 N–H and O–H groups in total. The number of amides is 1. The van der Waals surface area contributed by atoms with Crippen molar-refractivity contribution in [1.82, 2.24) is 56.8 Å². The molecule has 0 spiro atoms. The standard InChI is InChI=1S/C20H31N3O2.C20H29N3O.C20H30N2O3.C19H28Cl2N2O.C19H28F2N2O.C19H30N2O/c1-14-12-18(19(24)13-22-10-4-3-5-11-22)15(2)23(14)17-8-6-16(7-9-17)20(21)25;1-15-12-19(20(24)14-22-10-4-3-5-11-22)16(2)23(15)18-8-6-17(13-21)7-9-18;1-14-12-18(19(23)13-21-10-4-3-5-11-21)15(2)22(14)17-8-6-16(7-9-17)20(24)25;2*1-14-12-17(18(24)13-22-10-4-3-5-11-22)15(2)23(14)16-6-8-19(20,21)9-7-16;1-15-13-18(19(22)14-20-11-7-4-8-12-20)16(2)21(15)17-9-5-3-6-10-17/h12,16-17H,3-11,13H2,1-2H3,(H2,21,25);12,17-18H,3-11,14H2,1-2H3;12,16-17H,3-11,13H2,1-2H3,(H,24,25);2*12,16H,3-11,13H2,1-2H3;13,17H,3-12,14H2,1-2H3. The number of carboxylic acids is 1. The van der Waals surface area contributed by atoms with E-state index >= 15 is 0 Å². The number of hydrogen-bond donors (Lipinski definition) is 2. The molecule has 6 saturated carbocycles. The Kier molecular flexibility index (Phi) is 42.3. The summed E-state index contributed by atoms with van der Waals surface area (Å²) in [5.74, 6) is -1.84. The number of primary amides is 1. The fourth-order valence-corrected chi connectivity index (χ4v) is 27.2. The van der Waals surface area contributed by atoms with Gasteiger partial charge in [0.05, 0.1) is 51.3 Å². The van der Waals surface area contributed by atoms with Crippen LogP contribution in [-0.4, -0.2) is 237 Å². The highest BCUT2D eigenvalue weighted by molar-refractivity contribution is 6.48. The third-order valence-electron chi connectivity index (χ3n) is 34.8. The maximum Gasteiger partial charge on any atom is 0.306 e. The molecule has 144 heavy (non-hydrogen) atoms. The molecule has 18 rings (SSSR count). The number of alkyl halides is 4. The number of rotatable bonds is 26. The van der Waals surface area contributed by atoms with Crippen molar-refractivity contribution in [2.75, 3.05) is 118 Å². The number of halogens is 4. The molecule has 12 heterocycles. The monoisotopic (exact) mass is 2030 g/mol. The minimum Gasteiger partial charge on any atom is -0.481 e. The molecule has 0 unspecified atom stereocenters. The fourth-order valence-electron chi connectivity index (χ4n) is 26.7. The number of carboxylic acid groups (broad SMARTS) is 1. The van der Waals surface area contributed by atoms with Gasteiger partial charge in [-0.05, 0) is 403 Å². The maximum atomic E-state index is 13.4. The van der Waals surface area contributed by atoms with E-state index in [0.717, 1.165) is 260 Å². The first kappa shape index (κ1) is 113. The van der Waals surface area contributed by atoms with Crippen LogP contribution < -0.4 is 5.73 Å². The maximum absolute atomic E-state index is 13.4. The van der Waals surface area contributed by atoms with Crippen LogP contribution >= 0.6 is 23.2 Å². The van der Waals surface area contributed by atoms with Crippen molar-refractivity contribution in [1.29, 1.82) is 5.26 Å². The second-order valence-corrected chi connectivity index (χ2v) is 47.0. The lowest BCUT2D eigenvalue weighted by Crippen LogP contribution is -2.34. The Hall–Kier alpha value is -7.67. The van der Waals surface area contributed by atoms with Crippen LogP contribution in [0.5, 0.6) is 0 Å². The number of hydrogen-bond acceptors (Lipinski definition) is 15. The van der Waals surface area contributed by atoms with Gasteiger partial charge in [0, 0.05) is 163 Å². The van der Waals surface area contributed by atoms with Crippen molar-refractivity contribution in [3.05, 3.63) is 138 Å². The third-order valence-corrected chi connectivity index (χ3v) is 35.5. The van der Waals surface area contributed by atoms with E-state index in [9.17, 15) is 52.2 Å². The highest BCUT2D eigenvalue weighted by atomic mass is 35.5. The average molecular weight is 2030 g/mol. The summed E-state index contributed by atoms with van der Waals surface area (Å²) < 4.78 is 40.1. The second kappa shape index (κ2) is 53.7. The number of ketones is 6. The number of aryl methyl sites for hydroxylation is 6. The zero-order valence-electron chi connectivity index (χ0n) is 89.9. The van der Waals surface area contributed by atoms with Crippen molar-refractivity contribution >= 4 is 69.8 Å². The smallest absolute Gasteiger partial charge is 0.306 e. The Bertz CT molecular complexity index is 5060. The Labute approximate surface area is 869 Å². The molecule has 27 heteroatoms. The number of aliphatic carboxylic acids is 1. The van der Waals surface area contributed by atoms with Crippen LogP contribution in [0.2, 0.25) is 0 Å². The molecular weight excluding hydrogens is 1850 g/mol. The van der Waals surface area contributed by atoms with Gasteiger partial charge < -0.3 is 38.2 Å².